The number of hydrogen-bond acceptors (Lipinski definition) is 5. The van der Waals surface area contributed by atoms with Gasteiger partial charge < -0.3 is 18.9 Å². The summed E-state index contributed by atoms with van der Waals surface area (Å²) < 4.78 is 21.5. The normalized spacial score (nSPS) is 39.1. The van der Waals surface area contributed by atoms with Crippen molar-refractivity contribution in [2.75, 3.05) is 27.4 Å². The van der Waals surface area contributed by atoms with E-state index in [9.17, 15) is 4.79 Å². The molecule has 0 aromatic carbocycles. The first-order valence-electron chi connectivity index (χ1n) is 5.62. The van der Waals surface area contributed by atoms with Gasteiger partial charge in [0.15, 0.2) is 0 Å². The molecule has 2 aliphatic rings. The number of methoxy groups -OCH3 is 2. The number of carbonyl (C=O) groups is 1. The number of hydrogen-bond donors (Lipinski definition) is 0. The Morgan fingerprint density at radius 1 is 1.00 bits per heavy atom. The Morgan fingerprint density at radius 3 is 1.69 bits per heavy atom. The molecular formula is C11H18O5. The third-order valence-corrected chi connectivity index (χ3v) is 3.32. The van der Waals surface area contributed by atoms with E-state index in [1.54, 1.807) is 0 Å². The van der Waals surface area contributed by atoms with Gasteiger partial charge in [0, 0.05) is 27.1 Å². The van der Waals surface area contributed by atoms with Crippen molar-refractivity contribution in [2.45, 2.75) is 37.3 Å². The number of ether oxygens (including phenoxy) is 4. The van der Waals surface area contributed by atoms with E-state index < -0.39 is 11.6 Å². The van der Waals surface area contributed by atoms with Gasteiger partial charge in [-0.05, 0) is 12.8 Å². The molecule has 0 aromatic rings. The molecule has 2 fully saturated rings. The minimum Gasteiger partial charge on any atom is -0.347 e. The van der Waals surface area contributed by atoms with Gasteiger partial charge in [-0.2, -0.15) is 0 Å². The summed E-state index contributed by atoms with van der Waals surface area (Å²) in [6, 6.07) is 0. The average Bonchev–Trinajstić information content (AvgIpc) is 2.99. The fourth-order valence-electron chi connectivity index (χ4n) is 2.38. The number of Topliss-reactive ketones (excluding diaryl/α,β-unsaturated/α-hetero) is 1. The maximum atomic E-state index is 12.5. The average molecular weight is 230 g/mol. The maximum absolute atomic E-state index is 12.5. The van der Waals surface area contributed by atoms with E-state index in [-0.39, 0.29) is 5.78 Å². The van der Waals surface area contributed by atoms with Crippen molar-refractivity contribution in [3.05, 3.63) is 0 Å². The lowest BCUT2D eigenvalue weighted by atomic mass is 9.98. The summed E-state index contributed by atoms with van der Waals surface area (Å²) in [5.41, 5.74) is 0. The third kappa shape index (κ3) is 1.68. The molecule has 5 heteroatoms. The molecule has 0 radical (unpaired) electrons. The molecular weight excluding hydrogens is 212 g/mol. The lowest BCUT2D eigenvalue weighted by molar-refractivity contribution is -0.248. The molecule has 16 heavy (non-hydrogen) atoms. The molecule has 0 amide bonds. The first kappa shape index (κ1) is 12.0. The highest BCUT2D eigenvalue weighted by molar-refractivity contribution is 5.92. The lowest BCUT2D eigenvalue weighted by Crippen LogP contribution is -2.54. The van der Waals surface area contributed by atoms with Gasteiger partial charge in [0.05, 0.1) is 13.2 Å². The minimum absolute atomic E-state index is 0.236. The molecule has 2 unspecified atom stereocenters. The Bertz CT molecular complexity index is 238. The molecule has 2 atom stereocenters. The van der Waals surface area contributed by atoms with Crippen LogP contribution in [0.15, 0.2) is 0 Å². The van der Waals surface area contributed by atoms with E-state index in [1.165, 1.54) is 14.2 Å². The monoisotopic (exact) mass is 230 g/mol. The van der Waals surface area contributed by atoms with Crippen molar-refractivity contribution in [3.63, 3.8) is 0 Å². The second-order valence-electron chi connectivity index (χ2n) is 4.15. The van der Waals surface area contributed by atoms with E-state index in [1.807, 2.05) is 0 Å². The van der Waals surface area contributed by atoms with E-state index in [2.05, 4.69) is 0 Å². The summed E-state index contributed by atoms with van der Waals surface area (Å²) in [5, 5.41) is 0. The molecule has 2 aliphatic heterocycles. The Balaban J connectivity index is 2.21. The van der Waals surface area contributed by atoms with Gasteiger partial charge in [-0.1, -0.05) is 0 Å². The number of ketones is 1. The Kier molecular flexibility index (Phi) is 3.30. The van der Waals surface area contributed by atoms with E-state index in [4.69, 9.17) is 18.9 Å². The molecule has 5 nitrogen and oxygen atoms in total. The molecule has 0 bridgehead atoms. The predicted molar refractivity (Wildman–Crippen MR) is 54.9 cm³/mol. The number of rotatable bonds is 4. The minimum atomic E-state index is -1.17. The van der Waals surface area contributed by atoms with E-state index in [0.29, 0.717) is 26.1 Å². The zero-order valence-corrected chi connectivity index (χ0v) is 9.78. The Morgan fingerprint density at radius 2 is 1.44 bits per heavy atom. The van der Waals surface area contributed by atoms with Crippen LogP contribution in [0.3, 0.4) is 0 Å². The largest absolute Gasteiger partial charge is 0.347 e. The van der Waals surface area contributed by atoms with E-state index in [0.717, 1.165) is 12.8 Å². The smallest absolute Gasteiger partial charge is 0.250 e. The molecule has 2 saturated heterocycles. The molecule has 2 heterocycles. The van der Waals surface area contributed by atoms with Crippen molar-refractivity contribution < 1.29 is 23.7 Å². The molecule has 0 aromatic heterocycles. The highest BCUT2D eigenvalue weighted by atomic mass is 16.7. The van der Waals surface area contributed by atoms with Crippen molar-refractivity contribution in [2.24, 2.45) is 0 Å². The summed E-state index contributed by atoms with van der Waals surface area (Å²) in [4.78, 5) is 12.5. The number of carbonyl (C=O) groups excluding carboxylic acids is 1. The van der Waals surface area contributed by atoms with Gasteiger partial charge in [-0.3, -0.25) is 4.79 Å². The Labute approximate surface area is 95.0 Å². The summed E-state index contributed by atoms with van der Waals surface area (Å²) in [6.07, 6.45) is 2.77. The molecule has 2 rings (SSSR count). The summed E-state index contributed by atoms with van der Waals surface area (Å²) in [6.45, 7) is 1.08. The van der Waals surface area contributed by atoms with Crippen LogP contribution in [0.25, 0.3) is 0 Å². The van der Waals surface area contributed by atoms with Crippen molar-refractivity contribution in [3.8, 4) is 0 Å². The van der Waals surface area contributed by atoms with Crippen LogP contribution in [0.5, 0.6) is 0 Å². The van der Waals surface area contributed by atoms with Crippen LogP contribution < -0.4 is 0 Å². The van der Waals surface area contributed by atoms with Gasteiger partial charge in [0.2, 0.25) is 11.6 Å². The Hall–Kier alpha value is -0.490. The summed E-state index contributed by atoms with van der Waals surface area (Å²) >= 11 is 0. The molecule has 0 spiro atoms. The van der Waals surface area contributed by atoms with Crippen LogP contribution in [0.4, 0.5) is 0 Å². The summed E-state index contributed by atoms with van der Waals surface area (Å²) in [7, 11) is 2.98. The molecule has 0 aliphatic carbocycles. The van der Waals surface area contributed by atoms with Crippen molar-refractivity contribution >= 4 is 5.78 Å². The van der Waals surface area contributed by atoms with Gasteiger partial charge in [-0.15, -0.1) is 0 Å². The topological polar surface area (TPSA) is 54.0 Å². The van der Waals surface area contributed by atoms with Crippen molar-refractivity contribution in [1.82, 2.24) is 0 Å². The van der Waals surface area contributed by atoms with Crippen LogP contribution in [0.1, 0.15) is 25.7 Å². The summed E-state index contributed by atoms with van der Waals surface area (Å²) in [5.74, 6) is -2.57. The van der Waals surface area contributed by atoms with Crippen LogP contribution >= 0.6 is 0 Å². The highest BCUT2D eigenvalue weighted by Crippen LogP contribution is 2.37. The van der Waals surface area contributed by atoms with Crippen molar-refractivity contribution in [1.29, 1.82) is 0 Å². The van der Waals surface area contributed by atoms with E-state index >= 15 is 0 Å². The van der Waals surface area contributed by atoms with Crippen LogP contribution in [-0.2, 0) is 23.7 Å². The molecule has 0 saturated carbocycles. The second kappa shape index (κ2) is 4.41. The lowest BCUT2D eigenvalue weighted by Gasteiger charge is -2.34. The molecule has 92 valence electrons. The zero-order chi connectivity index (χ0) is 11.6. The van der Waals surface area contributed by atoms with Gasteiger partial charge in [0.1, 0.15) is 0 Å². The fraction of sp³-hybridized carbons (Fsp3) is 0.909. The van der Waals surface area contributed by atoms with Gasteiger partial charge in [-0.25, -0.2) is 0 Å². The third-order valence-electron chi connectivity index (χ3n) is 3.32. The zero-order valence-electron chi connectivity index (χ0n) is 9.78. The first-order valence-corrected chi connectivity index (χ1v) is 5.62. The van der Waals surface area contributed by atoms with Gasteiger partial charge in [0.25, 0.3) is 5.78 Å². The van der Waals surface area contributed by atoms with Crippen LogP contribution in [0.2, 0.25) is 0 Å². The first-order chi connectivity index (χ1) is 7.69. The predicted octanol–water partition coefficient (Wildman–Crippen LogP) is 0.862. The van der Waals surface area contributed by atoms with Crippen LogP contribution in [0, 0.1) is 0 Å². The molecule has 0 N–H and O–H groups in total. The standard InChI is InChI=1S/C11H18O5/c1-13-10(5-3-7-15-10)9(12)11(14-2)6-4-8-16-11/h3-8H2,1-2H3. The second-order valence-corrected chi connectivity index (χ2v) is 4.15. The SMILES string of the molecule is COC1(C(=O)C2(OC)CCCO2)CCCO1. The highest BCUT2D eigenvalue weighted by Gasteiger charge is 2.56. The quantitative estimate of drug-likeness (QED) is 0.717. The van der Waals surface area contributed by atoms with Crippen LogP contribution in [-0.4, -0.2) is 44.8 Å². The van der Waals surface area contributed by atoms with Gasteiger partial charge >= 0.3 is 0 Å². The fourth-order valence-corrected chi connectivity index (χ4v) is 2.38. The maximum Gasteiger partial charge on any atom is 0.250 e.